The highest BCUT2D eigenvalue weighted by molar-refractivity contribution is 7.89. The molecule has 1 aliphatic carbocycles. The number of sulfonamides is 1. The number of ether oxygens (including phenoxy) is 1. The van der Waals surface area contributed by atoms with Gasteiger partial charge in [-0.25, -0.2) is 13.1 Å². The van der Waals surface area contributed by atoms with Crippen LogP contribution in [0.1, 0.15) is 25.7 Å². The average molecular weight is 320 g/mol. The Labute approximate surface area is 128 Å². The van der Waals surface area contributed by atoms with Crippen LogP contribution < -0.4 is 15.4 Å². The molecular formula is C13H28N4O3S. The standard InChI is InChI=1S/C13H28N4O3S/c1-14-13(15-7-4-9-20-2)16-8-10-21(18,19)17-11-12-5-3-6-12/h12,17H,3-11H2,1-2H3,(H2,14,15,16). The monoisotopic (exact) mass is 320 g/mol. The molecule has 0 aliphatic heterocycles. The molecule has 0 spiro atoms. The van der Waals surface area contributed by atoms with Gasteiger partial charge in [0.1, 0.15) is 0 Å². The zero-order chi connectivity index (χ0) is 15.6. The van der Waals surface area contributed by atoms with Crippen molar-refractivity contribution in [3.63, 3.8) is 0 Å². The number of nitrogens with one attached hydrogen (secondary N) is 3. The first-order chi connectivity index (χ1) is 10.1. The van der Waals surface area contributed by atoms with E-state index in [-0.39, 0.29) is 5.75 Å². The number of hydrogen-bond donors (Lipinski definition) is 3. The largest absolute Gasteiger partial charge is 0.385 e. The van der Waals surface area contributed by atoms with Gasteiger partial charge in [0.15, 0.2) is 5.96 Å². The van der Waals surface area contributed by atoms with Gasteiger partial charge < -0.3 is 15.4 Å². The summed E-state index contributed by atoms with van der Waals surface area (Å²) in [5, 5.41) is 6.10. The Bertz CT molecular complexity index is 408. The molecule has 0 heterocycles. The number of nitrogens with zero attached hydrogens (tertiary/aromatic N) is 1. The van der Waals surface area contributed by atoms with Crippen LogP contribution in [0.2, 0.25) is 0 Å². The average Bonchev–Trinajstić information content (AvgIpc) is 2.39. The van der Waals surface area contributed by atoms with Crippen molar-refractivity contribution in [3.8, 4) is 0 Å². The summed E-state index contributed by atoms with van der Waals surface area (Å²) >= 11 is 0. The van der Waals surface area contributed by atoms with Gasteiger partial charge in [0.2, 0.25) is 10.0 Å². The van der Waals surface area contributed by atoms with Crippen molar-refractivity contribution in [2.24, 2.45) is 10.9 Å². The van der Waals surface area contributed by atoms with E-state index in [1.165, 1.54) is 6.42 Å². The lowest BCUT2D eigenvalue weighted by molar-refractivity contribution is 0.195. The molecular weight excluding hydrogens is 292 g/mol. The van der Waals surface area contributed by atoms with Crippen molar-refractivity contribution in [1.82, 2.24) is 15.4 Å². The van der Waals surface area contributed by atoms with Crippen LogP contribution in [-0.4, -0.2) is 60.5 Å². The molecule has 0 aromatic heterocycles. The molecule has 8 heteroatoms. The van der Waals surface area contributed by atoms with Gasteiger partial charge in [0, 0.05) is 40.4 Å². The summed E-state index contributed by atoms with van der Waals surface area (Å²) < 4.78 is 31.3. The summed E-state index contributed by atoms with van der Waals surface area (Å²) in [4.78, 5) is 4.04. The van der Waals surface area contributed by atoms with E-state index in [2.05, 4.69) is 20.3 Å². The highest BCUT2D eigenvalue weighted by atomic mass is 32.2. The highest BCUT2D eigenvalue weighted by Crippen LogP contribution is 2.25. The van der Waals surface area contributed by atoms with Crippen LogP contribution in [0.3, 0.4) is 0 Å². The Kier molecular flexibility index (Phi) is 8.63. The molecule has 1 rings (SSSR count). The quantitative estimate of drug-likeness (QED) is 0.297. The Morgan fingerprint density at radius 3 is 2.57 bits per heavy atom. The molecule has 0 amide bonds. The smallest absolute Gasteiger partial charge is 0.213 e. The molecule has 0 atom stereocenters. The fourth-order valence-corrected chi connectivity index (χ4v) is 2.97. The van der Waals surface area contributed by atoms with E-state index in [0.29, 0.717) is 31.6 Å². The number of guanidine groups is 1. The van der Waals surface area contributed by atoms with Crippen molar-refractivity contribution < 1.29 is 13.2 Å². The molecule has 1 aliphatic rings. The summed E-state index contributed by atoms with van der Waals surface area (Å²) in [5.74, 6) is 1.20. The second-order valence-electron chi connectivity index (χ2n) is 5.24. The molecule has 1 saturated carbocycles. The molecule has 3 N–H and O–H groups in total. The predicted octanol–water partition coefficient (Wildman–Crippen LogP) is -0.0926. The number of methoxy groups -OCH3 is 1. The van der Waals surface area contributed by atoms with Gasteiger partial charge in [0.05, 0.1) is 5.75 Å². The highest BCUT2D eigenvalue weighted by Gasteiger charge is 2.19. The Balaban J connectivity index is 2.14. The molecule has 21 heavy (non-hydrogen) atoms. The van der Waals surface area contributed by atoms with Crippen LogP contribution in [-0.2, 0) is 14.8 Å². The lowest BCUT2D eigenvalue weighted by Crippen LogP contribution is -2.42. The lowest BCUT2D eigenvalue weighted by Gasteiger charge is -2.25. The summed E-state index contributed by atoms with van der Waals surface area (Å²) in [6, 6.07) is 0. The van der Waals surface area contributed by atoms with E-state index in [4.69, 9.17) is 4.74 Å². The van der Waals surface area contributed by atoms with Gasteiger partial charge >= 0.3 is 0 Å². The van der Waals surface area contributed by atoms with Crippen molar-refractivity contribution in [3.05, 3.63) is 0 Å². The van der Waals surface area contributed by atoms with Crippen LogP contribution in [0.5, 0.6) is 0 Å². The molecule has 0 aromatic carbocycles. The first-order valence-corrected chi connectivity index (χ1v) is 9.13. The predicted molar refractivity (Wildman–Crippen MR) is 85.0 cm³/mol. The van der Waals surface area contributed by atoms with Crippen molar-refractivity contribution in [2.75, 3.05) is 46.2 Å². The van der Waals surface area contributed by atoms with Crippen molar-refractivity contribution >= 4 is 16.0 Å². The van der Waals surface area contributed by atoms with Gasteiger partial charge in [0.25, 0.3) is 0 Å². The van der Waals surface area contributed by atoms with Crippen LogP contribution in [0.15, 0.2) is 4.99 Å². The minimum Gasteiger partial charge on any atom is -0.385 e. The first-order valence-electron chi connectivity index (χ1n) is 7.48. The fraction of sp³-hybridized carbons (Fsp3) is 0.923. The van der Waals surface area contributed by atoms with E-state index >= 15 is 0 Å². The maximum absolute atomic E-state index is 11.8. The number of hydrogen-bond acceptors (Lipinski definition) is 4. The van der Waals surface area contributed by atoms with E-state index < -0.39 is 10.0 Å². The van der Waals surface area contributed by atoms with E-state index in [1.54, 1.807) is 14.2 Å². The van der Waals surface area contributed by atoms with Crippen LogP contribution >= 0.6 is 0 Å². The summed E-state index contributed by atoms with van der Waals surface area (Å²) in [6.07, 6.45) is 4.37. The molecule has 7 nitrogen and oxygen atoms in total. The van der Waals surface area contributed by atoms with Crippen LogP contribution in [0.25, 0.3) is 0 Å². The molecule has 0 aromatic rings. The lowest BCUT2D eigenvalue weighted by atomic mass is 9.86. The second kappa shape index (κ2) is 9.97. The molecule has 0 unspecified atom stereocenters. The zero-order valence-electron chi connectivity index (χ0n) is 13.0. The topological polar surface area (TPSA) is 91.8 Å². The van der Waals surface area contributed by atoms with Gasteiger partial charge in [-0.1, -0.05) is 6.42 Å². The number of aliphatic imine (C=N–C) groups is 1. The third kappa shape index (κ3) is 8.23. The van der Waals surface area contributed by atoms with E-state index in [1.807, 2.05) is 0 Å². The minimum atomic E-state index is -3.20. The Hall–Kier alpha value is -0.860. The first kappa shape index (κ1) is 18.2. The van der Waals surface area contributed by atoms with Crippen LogP contribution in [0.4, 0.5) is 0 Å². The minimum absolute atomic E-state index is 0.0541. The van der Waals surface area contributed by atoms with Gasteiger partial charge in [-0.3, -0.25) is 4.99 Å². The molecule has 0 saturated heterocycles. The van der Waals surface area contributed by atoms with Crippen LogP contribution in [0, 0.1) is 5.92 Å². The zero-order valence-corrected chi connectivity index (χ0v) is 13.8. The maximum Gasteiger partial charge on any atom is 0.213 e. The third-order valence-electron chi connectivity index (χ3n) is 3.52. The van der Waals surface area contributed by atoms with E-state index in [0.717, 1.165) is 25.8 Å². The normalized spacial score (nSPS) is 16.6. The fourth-order valence-electron chi connectivity index (χ4n) is 1.96. The van der Waals surface area contributed by atoms with E-state index in [9.17, 15) is 8.42 Å². The third-order valence-corrected chi connectivity index (χ3v) is 4.87. The van der Waals surface area contributed by atoms with Gasteiger partial charge in [-0.15, -0.1) is 0 Å². The molecule has 0 bridgehead atoms. The Morgan fingerprint density at radius 1 is 1.29 bits per heavy atom. The Morgan fingerprint density at radius 2 is 2.00 bits per heavy atom. The summed E-state index contributed by atoms with van der Waals surface area (Å²) in [5.41, 5.74) is 0. The van der Waals surface area contributed by atoms with Crippen molar-refractivity contribution in [1.29, 1.82) is 0 Å². The van der Waals surface area contributed by atoms with Gasteiger partial charge in [-0.05, 0) is 25.2 Å². The van der Waals surface area contributed by atoms with Gasteiger partial charge in [-0.2, -0.15) is 0 Å². The second-order valence-corrected chi connectivity index (χ2v) is 7.16. The molecule has 1 fully saturated rings. The summed E-state index contributed by atoms with van der Waals surface area (Å²) in [6.45, 7) is 2.33. The van der Waals surface area contributed by atoms with Crippen molar-refractivity contribution in [2.45, 2.75) is 25.7 Å². The molecule has 124 valence electrons. The SMILES string of the molecule is CN=C(NCCCOC)NCCS(=O)(=O)NCC1CCC1. The number of rotatable bonds is 10. The maximum atomic E-state index is 11.8. The summed E-state index contributed by atoms with van der Waals surface area (Å²) in [7, 11) is 0.122. The molecule has 0 radical (unpaired) electrons.